The summed E-state index contributed by atoms with van der Waals surface area (Å²) in [5, 5.41) is 3.31. The van der Waals surface area contributed by atoms with Crippen molar-refractivity contribution in [1.29, 1.82) is 0 Å². The Labute approximate surface area is 176 Å². The number of halogens is 1. The van der Waals surface area contributed by atoms with Crippen molar-refractivity contribution in [3.63, 3.8) is 0 Å². The normalized spacial score (nSPS) is 13.5. The molecule has 0 spiro atoms. The van der Waals surface area contributed by atoms with E-state index in [-0.39, 0.29) is 18.3 Å². The highest BCUT2D eigenvalue weighted by atomic mass is 19.1. The first-order chi connectivity index (χ1) is 14.6. The van der Waals surface area contributed by atoms with Crippen LogP contribution in [0.25, 0.3) is 0 Å². The molecule has 0 saturated heterocycles. The van der Waals surface area contributed by atoms with Crippen molar-refractivity contribution < 1.29 is 18.7 Å². The maximum Gasteiger partial charge on any atom is 0.265 e. The van der Waals surface area contributed by atoms with Gasteiger partial charge in [-0.05, 0) is 42.8 Å². The number of para-hydroxylation sites is 2. The Morgan fingerprint density at radius 2 is 2.03 bits per heavy atom. The summed E-state index contributed by atoms with van der Waals surface area (Å²) in [5.41, 5.74) is 0.813. The third-order valence-corrected chi connectivity index (χ3v) is 4.73. The van der Waals surface area contributed by atoms with Gasteiger partial charge >= 0.3 is 0 Å². The van der Waals surface area contributed by atoms with Gasteiger partial charge in [-0.25, -0.2) is 4.39 Å². The van der Waals surface area contributed by atoms with Crippen molar-refractivity contribution in [2.45, 2.75) is 6.42 Å². The Bertz CT molecular complexity index is 873. The maximum absolute atomic E-state index is 12.9. The lowest BCUT2D eigenvalue weighted by Crippen LogP contribution is -2.43. The fourth-order valence-corrected chi connectivity index (χ4v) is 3.16. The van der Waals surface area contributed by atoms with Gasteiger partial charge in [-0.15, -0.1) is 0 Å². The van der Waals surface area contributed by atoms with E-state index in [0.717, 1.165) is 23.8 Å². The number of fused-ring (bicyclic) bond motifs is 1. The molecule has 1 amide bonds. The van der Waals surface area contributed by atoms with Crippen molar-refractivity contribution in [2.24, 2.45) is 4.99 Å². The molecule has 0 aliphatic carbocycles. The first-order valence-electron chi connectivity index (χ1n) is 9.91. The van der Waals surface area contributed by atoms with Crippen LogP contribution in [-0.4, -0.2) is 63.7 Å². The monoisotopic (exact) mass is 414 g/mol. The first kappa shape index (κ1) is 21.4. The van der Waals surface area contributed by atoms with E-state index in [1.807, 2.05) is 36.2 Å². The van der Waals surface area contributed by atoms with Crippen LogP contribution in [0.1, 0.15) is 6.42 Å². The molecule has 2 aromatic rings. The molecule has 7 nitrogen and oxygen atoms in total. The highest BCUT2D eigenvalue weighted by Crippen LogP contribution is 2.31. The molecule has 0 saturated carbocycles. The lowest BCUT2D eigenvalue weighted by atomic mass is 10.2. The van der Waals surface area contributed by atoms with E-state index in [0.29, 0.717) is 32.0 Å². The van der Waals surface area contributed by atoms with Crippen molar-refractivity contribution in [1.82, 2.24) is 10.2 Å². The predicted octanol–water partition coefficient (Wildman–Crippen LogP) is 2.53. The number of ether oxygens (including phenoxy) is 2. The van der Waals surface area contributed by atoms with Crippen LogP contribution in [0.5, 0.6) is 11.5 Å². The number of likely N-dealkylation sites (N-methyl/N-ethyl adjacent to an activating group) is 1. The number of hydrogen-bond donors (Lipinski definition) is 1. The van der Waals surface area contributed by atoms with Crippen LogP contribution in [0, 0.1) is 5.82 Å². The summed E-state index contributed by atoms with van der Waals surface area (Å²) in [7, 11) is 3.65. The average Bonchev–Trinajstić information content (AvgIpc) is 2.76. The Hall–Kier alpha value is -3.29. The molecule has 1 N–H and O–H groups in total. The zero-order valence-corrected chi connectivity index (χ0v) is 17.3. The van der Waals surface area contributed by atoms with Crippen LogP contribution < -0.4 is 19.7 Å². The summed E-state index contributed by atoms with van der Waals surface area (Å²) in [5.74, 6) is 1.79. The van der Waals surface area contributed by atoms with Gasteiger partial charge in [-0.2, -0.15) is 0 Å². The molecule has 30 heavy (non-hydrogen) atoms. The summed E-state index contributed by atoms with van der Waals surface area (Å²) in [6.07, 6.45) is 0.763. The van der Waals surface area contributed by atoms with Crippen LogP contribution >= 0.6 is 0 Å². The third kappa shape index (κ3) is 5.62. The number of carbonyl (C=O) groups is 1. The fourth-order valence-electron chi connectivity index (χ4n) is 3.16. The molecule has 2 aromatic carbocycles. The topological polar surface area (TPSA) is 66.4 Å². The molecule has 0 unspecified atom stereocenters. The van der Waals surface area contributed by atoms with E-state index in [1.165, 1.54) is 12.1 Å². The number of aliphatic imine (C=N–C) groups is 1. The second-order valence-corrected chi connectivity index (χ2v) is 6.85. The summed E-state index contributed by atoms with van der Waals surface area (Å²) >= 11 is 0. The van der Waals surface area contributed by atoms with Crippen molar-refractivity contribution in [3.8, 4) is 11.5 Å². The van der Waals surface area contributed by atoms with E-state index in [4.69, 9.17) is 9.47 Å². The second-order valence-electron chi connectivity index (χ2n) is 6.85. The molecular formula is C22H27FN4O3. The highest BCUT2D eigenvalue weighted by molar-refractivity contribution is 5.97. The summed E-state index contributed by atoms with van der Waals surface area (Å²) in [6, 6.07) is 13.5. The van der Waals surface area contributed by atoms with Gasteiger partial charge in [-0.3, -0.25) is 9.79 Å². The molecule has 0 fully saturated rings. The van der Waals surface area contributed by atoms with Crippen LogP contribution in [0.2, 0.25) is 0 Å². The Kier molecular flexibility index (Phi) is 7.48. The Morgan fingerprint density at radius 3 is 2.80 bits per heavy atom. The molecule has 3 rings (SSSR count). The smallest absolute Gasteiger partial charge is 0.265 e. The van der Waals surface area contributed by atoms with Crippen LogP contribution in [0.4, 0.5) is 10.1 Å². The van der Waals surface area contributed by atoms with Crippen LogP contribution in [-0.2, 0) is 4.79 Å². The minimum absolute atomic E-state index is 0.0341. The van der Waals surface area contributed by atoms with Gasteiger partial charge in [0.1, 0.15) is 23.9 Å². The number of hydrogen-bond acceptors (Lipinski definition) is 4. The van der Waals surface area contributed by atoms with Crippen molar-refractivity contribution >= 4 is 17.6 Å². The lowest BCUT2D eigenvalue weighted by molar-refractivity contribution is -0.121. The molecule has 1 heterocycles. The Morgan fingerprint density at radius 1 is 1.27 bits per heavy atom. The number of guanidine groups is 1. The molecule has 0 atom stereocenters. The van der Waals surface area contributed by atoms with Gasteiger partial charge in [0.15, 0.2) is 12.6 Å². The highest BCUT2D eigenvalue weighted by Gasteiger charge is 2.24. The number of nitrogens with zero attached hydrogens (tertiary/aromatic N) is 3. The number of amides is 1. The van der Waals surface area contributed by atoms with Gasteiger partial charge in [-0.1, -0.05) is 12.1 Å². The van der Waals surface area contributed by atoms with Crippen molar-refractivity contribution in [3.05, 3.63) is 54.3 Å². The van der Waals surface area contributed by atoms with E-state index in [9.17, 15) is 9.18 Å². The van der Waals surface area contributed by atoms with Crippen LogP contribution in [0.15, 0.2) is 53.5 Å². The van der Waals surface area contributed by atoms with Gasteiger partial charge in [0.25, 0.3) is 5.91 Å². The summed E-state index contributed by atoms with van der Waals surface area (Å²) in [4.78, 5) is 20.2. The predicted molar refractivity (Wildman–Crippen MR) is 115 cm³/mol. The molecule has 0 bridgehead atoms. The summed E-state index contributed by atoms with van der Waals surface area (Å²) in [6.45, 7) is 2.40. The second kappa shape index (κ2) is 10.5. The molecule has 1 aliphatic rings. The van der Waals surface area contributed by atoms with Gasteiger partial charge in [0, 0.05) is 27.2 Å². The zero-order valence-electron chi connectivity index (χ0n) is 17.3. The number of carbonyl (C=O) groups excluding carboxylic acids is 1. The van der Waals surface area contributed by atoms with E-state index < -0.39 is 0 Å². The van der Waals surface area contributed by atoms with E-state index >= 15 is 0 Å². The standard InChI is InChI=1S/C22H27FN4O3/c1-24-22(26(2)14-15-29-18-10-8-17(23)9-11-18)25-12-5-13-27-19-6-3-4-7-20(19)30-16-21(27)28/h3-4,6-11H,5,12-16H2,1-2H3,(H,24,25). The van der Waals surface area contributed by atoms with Crippen molar-refractivity contribution in [2.75, 3.05) is 51.8 Å². The van der Waals surface area contributed by atoms with E-state index in [2.05, 4.69) is 10.3 Å². The minimum Gasteiger partial charge on any atom is -0.492 e. The van der Waals surface area contributed by atoms with Gasteiger partial charge in [0.2, 0.25) is 0 Å². The molecular weight excluding hydrogens is 387 g/mol. The average molecular weight is 414 g/mol. The first-order valence-corrected chi connectivity index (χ1v) is 9.91. The number of nitrogens with one attached hydrogen (secondary N) is 1. The molecule has 0 aromatic heterocycles. The van der Waals surface area contributed by atoms with E-state index in [1.54, 1.807) is 24.1 Å². The lowest BCUT2D eigenvalue weighted by Gasteiger charge is -2.29. The zero-order chi connectivity index (χ0) is 21.3. The molecule has 0 radical (unpaired) electrons. The summed E-state index contributed by atoms with van der Waals surface area (Å²) < 4.78 is 24.0. The molecule has 160 valence electrons. The quantitative estimate of drug-likeness (QED) is 0.409. The van der Waals surface area contributed by atoms with Crippen LogP contribution in [0.3, 0.4) is 0 Å². The third-order valence-electron chi connectivity index (χ3n) is 4.73. The maximum atomic E-state index is 12.9. The largest absolute Gasteiger partial charge is 0.492 e. The molecule has 8 heteroatoms. The number of anilines is 1. The van der Waals surface area contributed by atoms with Gasteiger partial charge < -0.3 is 24.6 Å². The fraction of sp³-hybridized carbons (Fsp3) is 0.364. The van der Waals surface area contributed by atoms with Gasteiger partial charge in [0.05, 0.1) is 12.2 Å². The SMILES string of the molecule is CN=C(NCCCN1C(=O)COc2ccccc21)N(C)CCOc1ccc(F)cc1. The Balaban J connectivity index is 1.41. The number of benzene rings is 2. The molecule has 1 aliphatic heterocycles. The minimum atomic E-state index is -0.286. The number of rotatable bonds is 8.